The minimum atomic E-state index is -0.399. The summed E-state index contributed by atoms with van der Waals surface area (Å²) >= 11 is 0. The summed E-state index contributed by atoms with van der Waals surface area (Å²) in [5.74, 6) is 0.878. The first-order chi connectivity index (χ1) is 8.99. The van der Waals surface area contributed by atoms with Crippen molar-refractivity contribution in [3.05, 3.63) is 17.8 Å². The van der Waals surface area contributed by atoms with Gasteiger partial charge < -0.3 is 15.4 Å². The Morgan fingerprint density at radius 3 is 2.68 bits per heavy atom. The van der Waals surface area contributed by atoms with Gasteiger partial charge in [-0.1, -0.05) is 13.8 Å². The van der Waals surface area contributed by atoms with E-state index < -0.39 is 5.97 Å². The quantitative estimate of drug-likeness (QED) is 0.799. The van der Waals surface area contributed by atoms with E-state index in [2.05, 4.69) is 30.7 Å². The molecule has 5 nitrogen and oxygen atoms in total. The Bertz CT molecular complexity index is 433. The zero-order chi connectivity index (χ0) is 14.4. The molecule has 0 aliphatic rings. The molecule has 0 spiro atoms. The molecule has 0 saturated carbocycles. The number of nitrogens with two attached hydrogens (primary N) is 1. The molecule has 1 aromatic heterocycles. The Morgan fingerprint density at radius 1 is 1.47 bits per heavy atom. The third-order valence-electron chi connectivity index (χ3n) is 2.71. The van der Waals surface area contributed by atoms with E-state index in [1.807, 2.05) is 0 Å². The van der Waals surface area contributed by atoms with Crippen LogP contribution in [-0.2, 0) is 4.74 Å². The van der Waals surface area contributed by atoms with Crippen LogP contribution in [0.2, 0.25) is 0 Å². The van der Waals surface area contributed by atoms with Gasteiger partial charge in [-0.25, -0.2) is 9.78 Å². The number of esters is 1. The lowest BCUT2D eigenvalue weighted by Crippen LogP contribution is -2.28. The third-order valence-corrected chi connectivity index (χ3v) is 2.71. The summed E-state index contributed by atoms with van der Waals surface area (Å²) in [4.78, 5) is 18.2. The van der Waals surface area contributed by atoms with E-state index in [-0.39, 0.29) is 0 Å². The van der Waals surface area contributed by atoms with E-state index in [9.17, 15) is 4.79 Å². The van der Waals surface area contributed by atoms with Crippen LogP contribution >= 0.6 is 0 Å². The second-order valence-electron chi connectivity index (χ2n) is 4.78. The first-order valence-corrected chi connectivity index (χ1v) is 6.67. The third kappa shape index (κ3) is 4.12. The van der Waals surface area contributed by atoms with Gasteiger partial charge in [-0.15, -0.1) is 0 Å². The average molecular weight is 265 g/mol. The van der Waals surface area contributed by atoms with Gasteiger partial charge in [0.25, 0.3) is 0 Å². The Labute approximate surface area is 114 Å². The number of anilines is 2. The molecule has 5 heteroatoms. The van der Waals surface area contributed by atoms with Crippen molar-refractivity contribution in [2.75, 3.05) is 30.3 Å². The fourth-order valence-electron chi connectivity index (χ4n) is 1.84. The molecule has 0 aliphatic carbocycles. The lowest BCUT2D eigenvalue weighted by Gasteiger charge is -2.24. The monoisotopic (exact) mass is 265 g/mol. The highest BCUT2D eigenvalue weighted by Gasteiger charge is 2.15. The maximum absolute atomic E-state index is 11.8. The van der Waals surface area contributed by atoms with Crippen LogP contribution in [0.4, 0.5) is 11.5 Å². The van der Waals surface area contributed by atoms with Crippen LogP contribution in [0, 0.1) is 5.92 Å². The zero-order valence-electron chi connectivity index (χ0n) is 12.1. The number of carbonyl (C=O) groups excluding carboxylic acids is 1. The first-order valence-electron chi connectivity index (χ1n) is 6.67. The minimum Gasteiger partial charge on any atom is -0.462 e. The van der Waals surface area contributed by atoms with Gasteiger partial charge in [-0.2, -0.15) is 0 Å². The number of nitrogens with zero attached hydrogens (tertiary/aromatic N) is 2. The molecule has 2 N–H and O–H groups in total. The second-order valence-corrected chi connectivity index (χ2v) is 4.78. The fraction of sp³-hybridized carbons (Fsp3) is 0.571. The number of nitrogen functional groups attached to an aromatic ring is 1. The first kappa shape index (κ1) is 15.3. The van der Waals surface area contributed by atoms with Gasteiger partial charge in [0.1, 0.15) is 5.82 Å². The molecule has 1 rings (SSSR count). The van der Waals surface area contributed by atoms with Gasteiger partial charge in [0.05, 0.1) is 24.1 Å². The Morgan fingerprint density at radius 2 is 2.16 bits per heavy atom. The van der Waals surface area contributed by atoms with Gasteiger partial charge in [-0.3, -0.25) is 0 Å². The van der Waals surface area contributed by atoms with Crippen molar-refractivity contribution in [1.82, 2.24) is 4.98 Å². The predicted octanol–water partition coefficient (Wildman–Crippen LogP) is 2.32. The smallest absolute Gasteiger partial charge is 0.340 e. The zero-order valence-corrected chi connectivity index (χ0v) is 12.1. The molecule has 0 saturated heterocycles. The topological polar surface area (TPSA) is 68.5 Å². The summed E-state index contributed by atoms with van der Waals surface area (Å²) < 4.78 is 4.99. The summed E-state index contributed by atoms with van der Waals surface area (Å²) in [5.41, 5.74) is 6.51. The minimum absolute atomic E-state index is 0.333. The van der Waals surface area contributed by atoms with Gasteiger partial charge >= 0.3 is 5.97 Å². The molecule has 19 heavy (non-hydrogen) atoms. The summed E-state index contributed by atoms with van der Waals surface area (Å²) in [6.45, 7) is 10.2. The maximum atomic E-state index is 11.8. The van der Waals surface area contributed by atoms with Crippen LogP contribution in [0.5, 0.6) is 0 Å². The van der Waals surface area contributed by atoms with E-state index >= 15 is 0 Å². The van der Waals surface area contributed by atoms with Crippen molar-refractivity contribution in [3.63, 3.8) is 0 Å². The molecule has 0 aliphatic heterocycles. The van der Waals surface area contributed by atoms with Crippen molar-refractivity contribution < 1.29 is 9.53 Å². The van der Waals surface area contributed by atoms with Crippen molar-refractivity contribution >= 4 is 17.5 Å². The van der Waals surface area contributed by atoms with Crippen molar-refractivity contribution in [2.45, 2.75) is 27.7 Å². The van der Waals surface area contributed by atoms with Gasteiger partial charge in [-0.05, 0) is 25.8 Å². The van der Waals surface area contributed by atoms with Crippen LogP contribution in [0.25, 0.3) is 0 Å². The molecule has 0 atom stereocenters. The highest BCUT2D eigenvalue weighted by molar-refractivity contribution is 5.95. The van der Waals surface area contributed by atoms with Gasteiger partial charge in [0.15, 0.2) is 0 Å². The molecule has 0 unspecified atom stereocenters. The Hall–Kier alpha value is -1.78. The molecule has 0 fully saturated rings. The summed E-state index contributed by atoms with van der Waals surface area (Å²) in [6, 6.07) is 1.71. The number of rotatable bonds is 6. The number of hydrogen-bond acceptors (Lipinski definition) is 5. The molecule has 1 aromatic rings. The maximum Gasteiger partial charge on any atom is 0.340 e. The van der Waals surface area contributed by atoms with Crippen LogP contribution < -0.4 is 10.6 Å². The van der Waals surface area contributed by atoms with E-state index in [4.69, 9.17) is 10.5 Å². The van der Waals surface area contributed by atoms with Crippen molar-refractivity contribution in [2.24, 2.45) is 5.92 Å². The SMILES string of the molecule is CCOC(=O)c1cc(N(CC)CC(C)C)ncc1N. The van der Waals surface area contributed by atoms with Gasteiger partial charge in [0, 0.05) is 13.1 Å². The van der Waals surface area contributed by atoms with E-state index in [0.717, 1.165) is 18.9 Å². The predicted molar refractivity (Wildman–Crippen MR) is 77.3 cm³/mol. The molecule has 1 heterocycles. The summed E-state index contributed by atoms with van der Waals surface area (Å²) in [7, 11) is 0. The standard InChI is InChI=1S/C14H23N3O2/c1-5-17(9-10(3)4)13-7-11(12(15)8-16-13)14(18)19-6-2/h7-8,10H,5-6,9,15H2,1-4H3. The van der Waals surface area contributed by atoms with Crippen LogP contribution in [0.15, 0.2) is 12.3 Å². The van der Waals surface area contributed by atoms with E-state index in [1.165, 1.54) is 6.20 Å². The molecular formula is C14H23N3O2. The van der Waals surface area contributed by atoms with Crippen LogP contribution in [0.1, 0.15) is 38.1 Å². The summed E-state index contributed by atoms with van der Waals surface area (Å²) in [6.07, 6.45) is 1.52. The largest absolute Gasteiger partial charge is 0.462 e. The molecule has 0 radical (unpaired) electrons. The Kier molecular flexibility index (Phi) is 5.60. The number of hydrogen-bond donors (Lipinski definition) is 1. The molecule has 0 amide bonds. The number of carbonyl (C=O) groups is 1. The molecule has 106 valence electrons. The molecular weight excluding hydrogens is 242 g/mol. The van der Waals surface area contributed by atoms with E-state index in [1.54, 1.807) is 13.0 Å². The average Bonchev–Trinajstić information content (AvgIpc) is 2.36. The number of ether oxygens (including phenoxy) is 1. The Balaban J connectivity index is 3.03. The van der Waals surface area contributed by atoms with Crippen LogP contribution in [-0.4, -0.2) is 30.6 Å². The van der Waals surface area contributed by atoms with Gasteiger partial charge in [0.2, 0.25) is 0 Å². The lowest BCUT2D eigenvalue weighted by atomic mass is 10.2. The molecule has 0 aromatic carbocycles. The van der Waals surface area contributed by atoms with Crippen molar-refractivity contribution in [1.29, 1.82) is 0 Å². The van der Waals surface area contributed by atoms with Crippen molar-refractivity contribution in [3.8, 4) is 0 Å². The highest BCUT2D eigenvalue weighted by Crippen LogP contribution is 2.20. The molecule has 0 bridgehead atoms. The number of pyridine rings is 1. The highest BCUT2D eigenvalue weighted by atomic mass is 16.5. The second kappa shape index (κ2) is 6.97. The fourth-order valence-corrected chi connectivity index (χ4v) is 1.84. The van der Waals surface area contributed by atoms with E-state index in [0.29, 0.717) is 23.8 Å². The number of aromatic nitrogens is 1. The summed E-state index contributed by atoms with van der Waals surface area (Å²) in [5, 5.41) is 0. The lowest BCUT2D eigenvalue weighted by molar-refractivity contribution is 0.0527. The normalized spacial score (nSPS) is 10.6. The van der Waals surface area contributed by atoms with Crippen LogP contribution in [0.3, 0.4) is 0 Å².